The van der Waals surface area contributed by atoms with Gasteiger partial charge in [-0.1, -0.05) is 12.8 Å². The normalized spacial score (nSPS) is 16.9. The van der Waals surface area contributed by atoms with Gasteiger partial charge in [0, 0.05) is 31.5 Å². The van der Waals surface area contributed by atoms with Crippen LogP contribution in [0.1, 0.15) is 43.5 Å². The van der Waals surface area contributed by atoms with Crippen LogP contribution in [-0.2, 0) is 13.1 Å². The van der Waals surface area contributed by atoms with Gasteiger partial charge < -0.3 is 14.8 Å². The lowest BCUT2D eigenvalue weighted by atomic mass is 10.2. The fraction of sp³-hybridized carbons (Fsp3) is 0.688. The summed E-state index contributed by atoms with van der Waals surface area (Å²) in [5.41, 5.74) is 1.23. The molecule has 0 bridgehead atoms. The van der Waals surface area contributed by atoms with Crippen LogP contribution in [0.15, 0.2) is 10.9 Å². The summed E-state index contributed by atoms with van der Waals surface area (Å²) in [6.07, 6.45) is 5.48. The van der Waals surface area contributed by atoms with Gasteiger partial charge in [0.05, 0.1) is 5.69 Å². The summed E-state index contributed by atoms with van der Waals surface area (Å²) in [6.45, 7) is 5.25. The molecule has 0 aromatic carbocycles. The Hall–Kier alpha value is -1.33. The third kappa shape index (κ3) is 4.08. The van der Waals surface area contributed by atoms with Gasteiger partial charge in [-0.25, -0.2) is 0 Å². The highest BCUT2D eigenvalue weighted by Crippen LogP contribution is 2.19. The van der Waals surface area contributed by atoms with Crippen LogP contribution in [0.4, 0.5) is 0 Å². The Labute approximate surface area is 125 Å². The van der Waals surface area contributed by atoms with Crippen molar-refractivity contribution in [2.45, 2.75) is 52.1 Å². The average molecular weight is 294 g/mol. The summed E-state index contributed by atoms with van der Waals surface area (Å²) >= 11 is 0. The first-order valence-corrected chi connectivity index (χ1v) is 7.89. The predicted molar refractivity (Wildman–Crippen MR) is 82.6 cm³/mol. The zero-order valence-electron chi connectivity index (χ0n) is 12.8. The lowest BCUT2D eigenvalue weighted by Gasteiger charge is -2.24. The Morgan fingerprint density at radius 1 is 1.19 bits per heavy atom. The highest BCUT2D eigenvalue weighted by molar-refractivity contribution is 5.29. The van der Waals surface area contributed by atoms with E-state index in [1.807, 2.05) is 11.5 Å². The van der Waals surface area contributed by atoms with E-state index in [-0.39, 0.29) is 17.8 Å². The minimum absolute atomic E-state index is 0.107. The van der Waals surface area contributed by atoms with Crippen LogP contribution in [0.25, 0.3) is 0 Å². The van der Waals surface area contributed by atoms with Gasteiger partial charge >= 0.3 is 0 Å². The van der Waals surface area contributed by atoms with Gasteiger partial charge in [-0.3, -0.25) is 9.69 Å². The first-order chi connectivity index (χ1) is 10.1. The fourth-order valence-corrected chi connectivity index (χ4v) is 3.03. The van der Waals surface area contributed by atoms with Gasteiger partial charge in [-0.05, 0) is 39.3 Å². The topological polar surface area (TPSA) is 65.7 Å². The largest absolute Gasteiger partial charge is 0.503 e. The van der Waals surface area contributed by atoms with Crippen LogP contribution in [0.5, 0.6) is 5.75 Å². The average Bonchev–Trinajstić information content (AvgIpc) is 2.72. The molecule has 21 heavy (non-hydrogen) atoms. The number of aromatic nitrogens is 1. The van der Waals surface area contributed by atoms with E-state index in [1.54, 1.807) is 0 Å². The van der Waals surface area contributed by atoms with Gasteiger partial charge in [0.1, 0.15) is 0 Å². The maximum Gasteiger partial charge on any atom is 0.223 e. The van der Waals surface area contributed by atoms with E-state index in [2.05, 4.69) is 4.90 Å². The van der Waals surface area contributed by atoms with Gasteiger partial charge in [0.25, 0.3) is 0 Å². The third-order valence-electron chi connectivity index (χ3n) is 4.21. The van der Waals surface area contributed by atoms with E-state index in [4.69, 9.17) is 5.11 Å². The second-order valence-corrected chi connectivity index (χ2v) is 5.86. The fourth-order valence-electron chi connectivity index (χ4n) is 3.03. The van der Waals surface area contributed by atoms with Crippen molar-refractivity contribution in [2.24, 2.45) is 0 Å². The molecule has 5 heteroatoms. The molecule has 0 atom stereocenters. The van der Waals surface area contributed by atoms with E-state index in [0.717, 1.165) is 18.8 Å². The maximum atomic E-state index is 11.9. The zero-order chi connectivity index (χ0) is 15.2. The van der Waals surface area contributed by atoms with Crippen molar-refractivity contribution < 1.29 is 10.2 Å². The molecule has 0 spiro atoms. The summed E-state index contributed by atoms with van der Waals surface area (Å²) in [4.78, 5) is 14.2. The quantitative estimate of drug-likeness (QED) is 0.866. The van der Waals surface area contributed by atoms with Gasteiger partial charge in [0.15, 0.2) is 5.75 Å². The molecular weight excluding hydrogens is 268 g/mol. The number of pyridine rings is 1. The molecule has 2 rings (SSSR count). The molecular formula is C16H26N2O3. The Kier molecular flexibility index (Phi) is 5.82. The van der Waals surface area contributed by atoms with Crippen molar-refractivity contribution in [3.8, 4) is 5.75 Å². The lowest BCUT2D eigenvalue weighted by molar-refractivity contribution is 0.254. The first kappa shape index (κ1) is 16.0. The minimum atomic E-state index is -0.308. The number of rotatable bonds is 5. The molecule has 2 heterocycles. The molecule has 0 aliphatic carbocycles. The number of nitrogens with zero attached hydrogens (tertiary/aromatic N) is 2. The van der Waals surface area contributed by atoms with Crippen molar-refractivity contribution in [1.82, 2.24) is 9.47 Å². The number of likely N-dealkylation sites (tertiary alicyclic amines) is 1. The lowest BCUT2D eigenvalue weighted by Crippen LogP contribution is -2.28. The third-order valence-corrected chi connectivity index (χ3v) is 4.21. The first-order valence-electron chi connectivity index (χ1n) is 7.89. The predicted octanol–water partition coefficient (Wildman–Crippen LogP) is 1.62. The highest BCUT2D eigenvalue weighted by atomic mass is 16.3. The number of aliphatic hydroxyl groups is 1. The molecule has 5 nitrogen and oxygen atoms in total. The maximum absolute atomic E-state index is 11.9. The Bertz CT molecular complexity index is 517. The molecule has 1 aliphatic heterocycles. The number of aliphatic hydroxyl groups excluding tert-OH is 1. The van der Waals surface area contributed by atoms with Gasteiger partial charge in [-0.2, -0.15) is 0 Å². The number of hydrogen-bond donors (Lipinski definition) is 2. The minimum Gasteiger partial charge on any atom is -0.503 e. The molecule has 1 fully saturated rings. The van der Waals surface area contributed by atoms with Crippen LogP contribution in [-0.4, -0.2) is 39.4 Å². The Morgan fingerprint density at radius 2 is 1.86 bits per heavy atom. The Balaban J connectivity index is 2.28. The van der Waals surface area contributed by atoms with Crippen molar-refractivity contribution in [2.75, 3.05) is 19.7 Å². The van der Waals surface area contributed by atoms with Crippen molar-refractivity contribution >= 4 is 0 Å². The molecule has 1 aromatic rings. The van der Waals surface area contributed by atoms with E-state index in [9.17, 15) is 9.90 Å². The molecule has 118 valence electrons. The van der Waals surface area contributed by atoms with Gasteiger partial charge in [0.2, 0.25) is 5.43 Å². The summed E-state index contributed by atoms with van der Waals surface area (Å²) in [6, 6.07) is 1.47. The van der Waals surface area contributed by atoms with E-state index < -0.39 is 0 Å². The zero-order valence-corrected chi connectivity index (χ0v) is 12.8. The highest BCUT2D eigenvalue weighted by Gasteiger charge is 2.17. The van der Waals surface area contributed by atoms with Crippen LogP contribution in [0.2, 0.25) is 0 Å². The second kappa shape index (κ2) is 7.61. The Morgan fingerprint density at radius 3 is 2.48 bits per heavy atom. The van der Waals surface area contributed by atoms with E-state index in [0.29, 0.717) is 25.2 Å². The summed E-state index contributed by atoms with van der Waals surface area (Å²) in [5.74, 6) is -0.136. The van der Waals surface area contributed by atoms with E-state index >= 15 is 0 Å². The molecule has 0 amide bonds. The summed E-state index contributed by atoms with van der Waals surface area (Å²) < 4.78 is 1.97. The number of hydrogen-bond acceptors (Lipinski definition) is 4. The van der Waals surface area contributed by atoms with Gasteiger partial charge in [-0.15, -0.1) is 0 Å². The number of aryl methyl sites for hydroxylation is 1. The van der Waals surface area contributed by atoms with Crippen LogP contribution in [0.3, 0.4) is 0 Å². The smallest absolute Gasteiger partial charge is 0.223 e. The van der Waals surface area contributed by atoms with Crippen LogP contribution in [0, 0.1) is 6.92 Å². The monoisotopic (exact) mass is 294 g/mol. The van der Waals surface area contributed by atoms with E-state index in [1.165, 1.54) is 31.7 Å². The standard InChI is InChI=1S/C16H26N2O3/c1-13-11-15(20)16(21)14(18(13)9-6-10-19)12-17-7-4-2-3-5-8-17/h11,19,21H,2-10,12H2,1H3. The van der Waals surface area contributed by atoms with Crippen LogP contribution < -0.4 is 5.43 Å². The van der Waals surface area contributed by atoms with Crippen molar-refractivity contribution in [1.29, 1.82) is 0 Å². The molecule has 0 unspecified atom stereocenters. The molecule has 1 saturated heterocycles. The molecule has 2 N–H and O–H groups in total. The summed E-state index contributed by atoms with van der Waals surface area (Å²) in [7, 11) is 0. The molecule has 0 radical (unpaired) electrons. The molecule has 1 aromatic heterocycles. The molecule has 1 aliphatic rings. The molecule has 0 saturated carbocycles. The second-order valence-electron chi connectivity index (χ2n) is 5.86. The van der Waals surface area contributed by atoms with Crippen LogP contribution >= 0.6 is 0 Å². The summed E-state index contributed by atoms with van der Waals surface area (Å²) in [5, 5.41) is 19.2. The SMILES string of the molecule is Cc1cc(=O)c(O)c(CN2CCCCCC2)n1CCCO. The van der Waals surface area contributed by atoms with Crippen molar-refractivity contribution in [3.05, 3.63) is 27.7 Å². The number of aromatic hydroxyl groups is 1. The van der Waals surface area contributed by atoms with Crippen molar-refractivity contribution in [3.63, 3.8) is 0 Å².